The van der Waals surface area contributed by atoms with Gasteiger partial charge in [0.15, 0.2) is 0 Å². The second-order valence-corrected chi connectivity index (χ2v) is 7.15. The first kappa shape index (κ1) is 15.6. The molecule has 0 saturated carbocycles. The number of rotatable bonds is 6. The van der Waals surface area contributed by atoms with Gasteiger partial charge in [0.05, 0.1) is 4.90 Å². The summed E-state index contributed by atoms with van der Waals surface area (Å²) in [5, 5.41) is 0. The van der Waals surface area contributed by atoms with Gasteiger partial charge in [-0.15, -0.1) is 0 Å². The molecule has 1 aromatic rings. The Labute approximate surface area is 117 Å². The lowest BCUT2D eigenvalue weighted by atomic mass is 10.1. The summed E-state index contributed by atoms with van der Waals surface area (Å²) >= 11 is 3.24. The fourth-order valence-corrected chi connectivity index (χ4v) is 3.97. The summed E-state index contributed by atoms with van der Waals surface area (Å²) in [4.78, 5) is 0.243. The van der Waals surface area contributed by atoms with E-state index in [1.807, 2.05) is 13.8 Å². The Morgan fingerprint density at radius 1 is 1.33 bits per heavy atom. The van der Waals surface area contributed by atoms with Crippen LogP contribution < -0.4 is 10.5 Å². The summed E-state index contributed by atoms with van der Waals surface area (Å²) in [5.41, 5.74) is 5.61. The van der Waals surface area contributed by atoms with E-state index in [1.54, 1.807) is 24.3 Å². The molecule has 1 atom stereocenters. The van der Waals surface area contributed by atoms with Gasteiger partial charge in [0.2, 0.25) is 10.0 Å². The minimum Gasteiger partial charge on any atom is -0.329 e. The van der Waals surface area contributed by atoms with Crippen LogP contribution in [-0.4, -0.2) is 21.0 Å². The first-order valence-electron chi connectivity index (χ1n) is 5.83. The van der Waals surface area contributed by atoms with Crippen LogP contribution in [0.4, 0.5) is 0 Å². The number of nitrogens with one attached hydrogen (secondary N) is 1. The zero-order valence-electron chi connectivity index (χ0n) is 10.6. The van der Waals surface area contributed by atoms with Crippen LogP contribution in [0.3, 0.4) is 0 Å². The van der Waals surface area contributed by atoms with E-state index >= 15 is 0 Å². The van der Waals surface area contributed by atoms with Crippen molar-refractivity contribution in [3.05, 3.63) is 28.7 Å². The maximum Gasteiger partial charge on any atom is 0.241 e. The number of sulfonamides is 1. The van der Waals surface area contributed by atoms with Gasteiger partial charge in [0.25, 0.3) is 0 Å². The number of nitrogens with two attached hydrogens (primary N) is 1. The van der Waals surface area contributed by atoms with Gasteiger partial charge in [-0.25, -0.2) is 13.1 Å². The molecule has 1 aromatic carbocycles. The summed E-state index contributed by atoms with van der Waals surface area (Å²) in [6.07, 6.45) is 0.722. The molecular formula is C12H19BrN2O2S. The van der Waals surface area contributed by atoms with Crippen molar-refractivity contribution in [1.82, 2.24) is 4.72 Å². The Bertz CT molecular complexity index is 489. The molecule has 3 N–H and O–H groups in total. The van der Waals surface area contributed by atoms with Crippen LogP contribution in [0.25, 0.3) is 0 Å². The minimum absolute atomic E-state index is 0.234. The predicted octanol–water partition coefficient (Wildman–Crippen LogP) is 2.10. The quantitative estimate of drug-likeness (QED) is 0.836. The molecule has 0 saturated heterocycles. The largest absolute Gasteiger partial charge is 0.329 e. The molecule has 0 bridgehead atoms. The van der Waals surface area contributed by atoms with Crippen LogP contribution >= 0.6 is 15.9 Å². The van der Waals surface area contributed by atoms with Crippen LogP contribution in [0.1, 0.15) is 20.3 Å². The summed E-state index contributed by atoms with van der Waals surface area (Å²) in [5.74, 6) is 0.389. The molecule has 6 heteroatoms. The van der Waals surface area contributed by atoms with E-state index in [-0.39, 0.29) is 10.9 Å². The lowest BCUT2D eigenvalue weighted by molar-refractivity contribution is 0.465. The summed E-state index contributed by atoms with van der Waals surface area (Å²) in [6.45, 7) is 4.37. The lowest BCUT2D eigenvalue weighted by Crippen LogP contribution is -2.41. The van der Waals surface area contributed by atoms with Gasteiger partial charge in [-0.3, -0.25) is 0 Å². The van der Waals surface area contributed by atoms with Crippen molar-refractivity contribution in [2.75, 3.05) is 6.54 Å². The molecule has 0 fully saturated rings. The smallest absolute Gasteiger partial charge is 0.241 e. The molecule has 1 rings (SSSR count). The van der Waals surface area contributed by atoms with Crippen molar-refractivity contribution in [2.45, 2.75) is 31.2 Å². The van der Waals surface area contributed by atoms with Gasteiger partial charge in [-0.05, 0) is 40.4 Å². The third-order valence-electron chi connectivity index (χ3n) is 2.49. The molecule has 0 aromatic heterocycles. The molecule has 0 spiro atoms. The van der Waals surface area contributed by atoms with Crippen molar-refractivity contribution in [3.63, 3.8) is 0 Å². The second-order valence-electron chi connectivity index (χ2n) is 4.61. The normalized spacial score (nSPS) is 13.8. The van der Waals surface area contributed by atoms with E-state index in [0.717, 1.165) is 6.42 Å². The molecule has 0 aliphatic heterocycles. The van der Waals surface area contributed by atoms with Crippen molar-refractivity contribution < 1.29 is 8.42 Å². The van der Waals surface area contributed by atoms with Gasteiger partial charge >= 0.3 is 0 Å². The molecule has 0 amide bonds. The molecule has 0 aliphatic carbocycles. The highest BCUT2D eigenvalue weighted by Crippen LogP contribution is 2.21. The maximum absolute atomic E-state index is 12.2. The predicted molar refractivity (Wildman–Crippen MR) is 76.8 cm³/mol. The van der Waals surface area contributed by atoms with Crippen LogP contribution in [0.5, 0.6) is 0 Å². The third-order valence-corrected chi connectivity index (χ3v) is 5.02. The standard InChI is InChI=1S/C12H19BrN2O2S/c1-9(2)7-10(8-14)15-18(16,17)12-6-4-3-5-11(12)13/h3-6,9-10,15H,7-8,14H2,1-2H3. The maximum atomic E-state index is 12.2. The topological polar surface area (TPSA) is 72.2 Å². The molecule has 18 heavy (non-hydrogen) atoms. The highest BCUT2D eigenvalue weighted by atomic mass is 79.9. The first-order chi connectivity index (χ1) is 8.36. The Kier molecular flexibility index (Phi) is 5.78. The Morgan fingerprint density at radius 3 is 2.44 bits per heavy atom. The van der Waals surface area contributed by atoms with E-state index in [9.17, 15) is 8.42 Å². The Morgan fingerprint density at radius 2 is 1.94 bits per heavy atom. The summed E-state index contributed by atoms with van der Waals surface area (Å²) in [6, 6.07) is 6.50. The minimum atomic E-state index is -3.52. The number of hydrogen-bond donors (Lipinski definition) is 2. The van der Waals surface area contributed by atoms with E-state index in [0.29, 0.717) is 16.9 Å². The van der Waals surface area contributed by atoms with Crippen LogP contribution in [0, 0.1) is 5.92 Å². The van der Waals surface area contributed by atoms with Gasteiger partial charge in [-0.2, -0.15) is 0 Å². The lowest BCUT2D eigenvalue weighted by Gasteiger charge is -2.19. The van der Waals surface area contributed by atoms with Crippen molar-refractivity contribution in [2.24, 2.45) is 11.7 Å². The monoisotopic (exact) mass is 334 g/mol. The third kappa shape index (κ3) is 4.35. The van der Waals surface area contributed by atoms with Crippen LogP contribution in [0.2, 0.25) is 0 Å². The second kappa shape index (κ2) is 6.65. The highest BCUT2D eigenvalue weighted by Gasteiger charge is 2.21. The first-order valence-corrected chi connectivity index (χ1v) is 8.11. The average molecular weight is 335 g/mol. The zero-order chi connectivity index (χ0) is 13.8. The zero-order valence-corrected chi connectivity index (χ0v) is 13.0. The van der Waals surface area contributed by atoms with E-state index in [2.05, 4.69) is 20.7 Å². The van der Waals surface area contributed by atoms with Crippen molar-refractivity contribution in [1.29, 1.82) is 0 Å². The highest BCUT2D eigenvalue weighted by molar-refractivity contribution is 9.10. The number of hydrogen-bond acceptors (Lipinski definition) is 3. The van der Waals surface area contributed by atoms with Crippen molar-refractivity contribution >= 4 is 26.0 Å². The molecule has 102 valence electrons. The van der Waals surface area contributed by atoms with Gasteiger partial charge in [0, 0.05) is 17.1 Å². The molecule has 1 unspecified atom stereocenters. The molecule has 4 nitrogen and oxygen atoms in total. The summed E-state index contributed by atoms with van der Waals surface area (Å²) < 4.78 is 27.6. The molecule has 0 aliphatic rings. The van der Waals surface area contributed by atoms with E-state index < -0.39 is 10.0 Å². The summed E-state index contributed by atoms with van der Waals surface area (Å²) in [7, 11) is -3.52. The van der Waals surface area contributed by atoms with Gasteiger partial charge < -0.3 is 5.73 Å². The SMILES string of the molecule is CC(C)CC(CN)NS(=O)(=O)c1ccccc1Br. The van der Waals surface area contributed by atoms with Crippen LogP contribution in [0.15, 0.2) is 33.6 Å². The van der Waals surface area contributed by atoms with Gasteiger partial charge in [-0.1, -0.05) is 26.0 Å². The molecular weight excluding hydrogens is 316 g/mol. The van der Waals surface area contributed by atoms with Crippen molar-refractivity contribution in [3.8, 4) is 0 Å². The Balaban J connectivity index is 2.91. The van der Waals surface area contributed by atoms with E-state index in [1.165, 1.54) is 0 Å². The van der Waals surface area contributed by atoms with Crippen LogP contribution in [-0.2, 0) is 10.0 Å². The van der Waals surface area contributed by atoms with E-state index in [4.69, 9.17) is 5.73 Å². The average Bonchev–Trinajstić information content (AvgIpc) is 2.27. The number of halogens is 1. The molecule has 0 heterocycles. The molecule has 0 radical (unpaired) electrons. The number of benzene rings is 1. The van der Waals surface area contributed by atoms with Gasteiger partial charge in [0.1, 0.15) is 0 Å². The Hall–Kier alpha value is -0.430. The fraction of sp³-hybridized carbons (Fsp3) is 0.500. The fourth-order valence-electron chi connectivity index (χ4n) is 1.71.